The van der Waals surface area contributed by atoms with Gasteiger partial charge in [0.25, 0.3) is 0 Å². The molecule has 0 spiro atoms. The van der Waals surface area contributed by atoms with E-state index in [2.05, 4.69) is 49.6 Å². The lowest BCUT2D eigenvalue weighted by Gasteiger charge is -2.39. The van der Waals surface area contributed by atoms with E-state index in [0.29, 0.717) is 41.6 Å². The summed E-state index contributed by atoms with van der Waals surface area (Å²) >= 11 is 0. The molecule has 1 aromatic carbocycles. The van der Waals surface area contributed by atoms with E-state index in [9.17, 15) is 4.79 Å². The van der Waals surface area contributed by atoms with Gasteiger partial charge in [-0.25, -0.2) is 19.6 Å². The summed E-state index contributed by atoms with van der Waals surface area (Å²) in [5.41, 5.74) is 12.3. The summed E-state index contributed by atoms with van der Waals surface area (Å²) in [5.74, 6) is 1.92. The van der Waals surface area contributed by atoms with Gasteiger partial charge in [0.1, 0.15) is 11.3 Å². The van der Waals surface area contributed by atoms with Gasteiger partial charge in [-0.15, -0.1) is 0 Å². The molecule has 2 saturated heterocycles. The van der Waals surface area contributed by atoms with Crippen LogP contribution in [0.4, 0.5) is 5.82 Å². The Morgan fingerprint density at radius 3 is 2.65 bits per heavy atom. The first-order valence-electron chi connectivity index (χ1n) is 15.0. The van der Waals surface area contributed by atoms with Crippen LogP contribution in [0.1, 0.15) is 49.3 Å². The normalized spacial score (nSPS) is 22.7. The van der Waals surface area contributed by atoms with Crippen LogP contribution in [-0.2, 0) is 11.2 Å². The molecule has 4 aromatic heterocycles. The third-order valence-electron chi connectivity index (χ3n) is 9.37. The quantitative estimate of drug-likeness (QED) is 0.287. The van der Waals surface area contributed by atoms with Crippen molar-refractivity contribution >= 4 is 22.9 Å². The van der Waals surface area contributed by atoms with Crippen LogP contribution >= 0.6 is 0 Å². The lowest BCUT2D eigenvalue weighted by Crippen LogP contribution is -2.51. The van der Waals surface area contributed by atoms with E-state index in [1.165, 1.54) is 17.2 Å². The largest absolute Gasteiger partial charge is 0.383 e. The molecule has 5 aromatic rings. The molecule has 3 atom stereocenters. The Balaban J connectivity index is 1.14. The van der Waals surface area contributed by atoms with E-state index in [4.69, 9.17) is 15.7 Å². The molecule has 2 unspecified atom stereocenters. The molecule has 43 heavy (non-hydrogen) atoms. The molecule has 0 radical (unpaired) electrons. The van der Waals surface area contributed by atoms with Crippen molar-refractivity contribution in [3.63, 3.8) is 0 Å². The van der Waals surface area contributed by atoms with Crippen LogP contribution in [0, 0.1) is 0 Å². The van der Waals surface area contributed by atoms with Crippen molar-refractivity contribution in [3.05, 3.63) is 90.9 Å². The van der Waals surface area contributed by atoms with Crippen molar-refractivity contribution in [2.45, 2.75) is 62.7 Å². The summed E-state index contributed by atoms with van der Waals surface area (Å²) in [7, 11) is 0. The minimum absolute atomic E-state index is 0.0790. The van der Waals surface area contributed by atoms with Crippen molar-refractivity contribution in [2.75, 3.05) is 5.73 Å². The molecule has 10 heteroatoms. The fourth-order valence-electron chi connectivity index (χ4n) is 7.49. The highest BCUT2D eigenvalue weighted by Crippen LogP contribution is 2.40. The Bertz CT molecular complexity index is 1850. The van der Waals surface area contributed by atoms with E-state index in [0.717, 1.165) is 60.9 Å². The number of piperidine rings is 1. The molecule has 2 fully saturated rings. The van der Waals surface area contributed by atoms with Crippen LogP contribution in [0.3, 0.4) is 0 Å². The van der Waals surface area contributed by atoms with Gasteiger partial charge in [-0.2, -0.15) is 5.10 Å². The van der Waals surface area contributed by atoms with Gasteiger partial charge in [0.2, 0.25) is 5.91 Å². The van der Waals surface area contributed by atoms with Gasteiger partial charge < -0.3 is 16.0 Å². The van der Waals surface area contributed by atoms with Crippen LogP contribution in [-0.4, -0.2) is 58.2 Å². The second-order valence-corrected chi connectivity index (χ2v) is 11.8. The number of fused-ring (bicyclic) bond motifs is 4. The SMILES string of the molecule is C=CC(=O)N1C2CCC1CC(N[C@H]1CCc3cc(-n4c(-c5cccnc5N)nc5ccc(-n6cccn6)nc54)ccc31)C2. The van der Waals surface area contributed by atoms with Gasteiger partial charge in [-0.3, -0.25) is 9.36 Å². The topological polar surface area (TPSA) is 120 Å². The number of nitrogen functional groups attached to an aromatic ring is 1. The summed E-state index contributed by atoms with van der Waals surface area (Å²) in [6.07, 6.45) is 13.0. The molecular weight excluding hydrogens is 538 g/mol. The summed E-state index contributed by atoms with van der Waals surface area (Å²) in [5, 5.41) is 8.35. The lowest BCUT2D eigenvalue weighted by atomic mass is 9.95. The highest BCUT2D eigenvalue weighted by Gasteiger charge is 2.43. The molecule has 3 N–H and O–H groups in total. The number of nitrogens with zero attached hydrogens (tertiary/aromatic N) is 7. The zero-order valence-electron chi connectivity index (χ0n) is 23.8. The lowest BCUT2D eigenvalue weighted by molar-refractivity contribution is -0.130. The first-order valence-corrected chi connectivity index (χ1v) is 15.0. The molecule has 1 aliphatic carbocycles. The van der Waals surface area contributed by atoms with Crippen LogP contribution in [0.5, 0.6) is 0 Å². The van der Waals surface area contributed by atoms with Gasteiger partial charge >= 0.3 is 0 Å². The zero-order valence-corrected chi connectivity index (χ0v) is 23.8. The second kappa shape index (κ2) is 10.2. The number of amides is 1. The first-order chi connectivity index (χ1) is 21.1. The highest BCUT2D eigenvalue weighted by atomic mass is 16.2. The van der Waals surface area contributed by atoms with Crippen LogP contribution in [0.25, 0.3) is 34.1 Å². The fraction of sp³-hybridized carbons (Fsp3) is 0.303. The van der Waals surface area contributed by atoms with Gasteiger partial charge in [-0.05, 0) is 98.2 Å². The predicted molar refractivity (Wildman–Crippen MR) is 165 cm³/mol. The molecule has 0 saturated carbocycles. The van der Waals surface area contributed by atoms with E-state index in [1.807, 2.05) is 36.5 Å². The van der Waals surface area contributed by atoms with Crippen molar-refractivity contribution in [1.29, 1.82) is 0 Å². The van der Waals surface area contributed by atoms with Crippen LogP contribution in [0.2, 0.25) is 0 Å². The molecule has 1 amide bonds. The van der Waals surface area contributed by atoms with E-state index in [-0.39, 0.29) is 5.91 Å². The maximum atomic E-state index is 12.4. The second-order valence-electron chi connectivity index (χ2n) is 11.8. The van der Waals surface area contributed by atoms with E-state index < -0.39 is 0 Å². The highest BCUT2D eigenvalue weighted by molar-refractivity contribution is 5.88. The average Bonchev–Trinajstić information content (AvgIpc) is 3.82. The first kappa shape index (κ1) is 25.8. The van der Waals surface area contributed by atoms with Crippen LogP contribution in [0.15, 0.2) is 79.8 Å². The summed E-state index contributed by atoms with van der Waals surface area (Å²) < 4.78 is 3.83. The number of benzene rings is 1. The van der Waals surface area contributed by atoms with Crippen molar-refractivity contribution in [3.8, 4) is 22.9 Å². The van der Waals surface area contributed by atoms with Crippen LogP contribution < -0.4 is 11.1 Å². The third-order valence-corrected chi connectivity index (χ3v) is 9.37. The van der Waals surface area contributed by atoms with Gasteiger partial charge in [-0.1, -0.05) is 12.6 Å². The number of rotatable bonds is 6. The molecular formula is C33H33N9O. The molecule has 216 valence electrons. The molecule has 10 nitrogen and oxygen atoms in total. The molecule has 2 aliphatic heterocycles. The summed E-state index contributed by atoms with van der Waals surface area (Å²) in [6.45, 7) is 3.72. The fourth-order valence-corrected chi connectivity index (χ4v) is 7.49. The molecule has 2 bridgehead atoms. The third kappa shape index (κ3) is 4.32. The Labute approximate surface area is 249 Å². The number of anilines is 1. The predicted octanol–water partition coefficient (Wildman–Crippen LogP) is 4.54. The van der Waals surface area contributed by atoms with Crippen molar-refractivity contribution in [1.82, 2.24) is 39.5 Å². The summed E-state index contributed by atoms with van der Waals surface area (Å²) in [6, 6.07) is 17.6. The maximum absolute atomic E-state index is 12.4. The molecule has 3 aliphatic rings. The number of carbonyl (C=O) groups is 1. The van der Waals surface area contributed by atoms with Crippen molar-refractivity contribution < 1.29 is 4.79 Å². The number of imidazole rings is 1. The number of carbonyl (C=O) groups excluding carboxylic acids is 1. The average molecular weight is 572 g/mol. The van der Waals surface area contributed by atoms with Crippen molar-refractivity contribution in [2.24, 2.45) is 0 Å². The maximum Gasteiger partial charge on any atom is 0.246 e. The number of hydrogen-bond donors (Lipinski definition) is 2. The molecule has 6 heterocycles. The Kier molecular flexibility index (Phi) is 6.11. The minimum atomic E-state index is 0.0790. The summed E-state index contributed by atoms with van der Waals surface area (Å²) in [4.78, 5) is 28.8. The Hall–Kier alpha value is -4.83. The number of nitrogens with one attached hydrogen (secondary N) is 1. The standard InChI is InChI=1S/C33H33N9O/c1-2-30(43)41-23-7-8-24(41)19-21(18-23)37-27-11-6-20-17-22(9-10-25(20)27)42-32(26-5-3-14-35-31(26)34)38-28-12-13-29(39-33(28)42)40-16-4-15-36-40/h2-5,9-10,12-17,21,23-24,27,37H,1,6-8,11,18-19H2,(H2,34,35)/t21?,23?,24?,27-/m0/s1. The van der Waals surface area contributed by atoms with Gasteiger partial charge in [0.05, 0.1) is 5.56 Å². The Morgan fingerprint density at radius 1 is 1.02 bits per heavy atom. The number of aryl methyl sites for hydroxylation is 1. The number of nitrogens with two attached hydrogens (primary N) is 1. The zero-order chi connectivity index (χ0) is 29.1. The molecule has 8 rings (SSSR count). The smallest absolute Gasteiger partial charge is 0.246 e. The monoisotopic (exact) mass is 571 g/mol. The van der Waals surface area contributed by atoms with Gasteiger partial charge in [0.15, 0.2) is 17.3 Å². The number of hydrogen-bond acceptors (Lipinski definition) is 7. The number of pyridine rings is 2. The van der Waals surface area contributed by atoms with Gasteiger partial charge in [0, 0.05) is 48.4 Å². The Morgan fingerprint density at radius 2 is 1.88 bits per heavy atom. The van der Waals surface area contributed by atoms with E-state index >= 15 is 0 Å². The van der Waals surface area contributed by atoms with E-state index in [1.54, 1.807) is 17.1 Å². The minimum Gasteiger partial charge on any atom is -0.383 e. The number of aromatic nitrogens is 6.